The van der Waals surface area contributed by atoms with E-state index < -0.39 is 41.6 Å². The summed E-state index contributed by atoms with van der Waals surface area (Å²) in [5.41, 5.74) is -0.678. The minimum Gasteiger partial charge on any atom is -0.508 e. The molecule has 0 aliphatic carbocycles. The van der Waals surface area contributed by atoms with Crippen LogP contribution in [0.2, 0.25) is 0 Å². The van der Waals surface area contributed by atoms with E-state index in [1.165, 1.54) is 19.1 Å². The summed E-state index contributed by atoms with van der Waals surface area (Å²) in [4.78, 5) is 38.2. The van der Waals surface area contributed by atoms with Crippen LogP contribution in [0.5, 0.6) is 11.5 Å². The Labute approximate surface area is 206 Å². The molecule has 3 N–H and O–H groups in total. The Bertz CT molecular complexity index is 1060. The van der Waals surface area contributed by atoms with Crippen LogP contribution in [0.3, 0.4) is 0 Å². The number of phenols is 1. The number of halogens is 3. The zero-order valence-electron chi connectivity index (χ0n) is 18.8. The van der Waals surface area contributed by atoms with Crippen LogP contribution in [0.1, 0.15) is 29.8 Å². The van der Waals surface area contributed by atoms with Crippen molar-refractivity contribution in [2.45, 2.75) is 44.3 Å². The van der Waals surface area contributed by atoms with E-state index in [4.69, 9.17) is 4.74 Å². The summed E-state index contributed by atoms with van der Waals surface area (Å²) in [5, 5.41) is 14.7. The molecule has 0 radical (unpaired) electrons. The van der Waals surface area contributed by atoms with Crippen LogP contribution in [0.25, 0.3) is 0 Å². The second-order valence-corrected chi connectivity index (χ2v) is 8.04. The molecule has 8 nitrogen and oxygen atoms in total. The van der Waals surface area contributed by atoms with E-state index in [1.54, 1.807) is 19.1 Å². The zero-order valence-corrected chi connectivity index (χ0v) is 19.8. The van der Waals surface area contributed by atoms with Crippen molar-refractivity contribution in [3.05, 3.63) is 59.7 Å². The molecule has 0 aromatic heterocycles. The van der Waals surface area contributed by atoms with Crippen molar-refractivity contribution in [3.63, 3.8) is 0 Å². The molecular weight excluding hydrogens is 489 g/mol. The average molecular weight is 515 g/mol. The van der Waals surface area contributed by atoms with Gasteiger partial charge in [-0.1, -0.05) is 12.1 Å². The maximum absolute atomic E-state index is 13.1. The van der Waals surface area contributed by atoms with Crippen LogP contribution < -0.4 is 15.4 Å². The molecule has 1 fully saturated rings. The highest BCUT2D eigenvalue weighted by atomic mass is 32.1. The third kappa shape index (κ3) is 7.12. The fourth-order valence-corrected chi connectivity index (χ4v) is 3.38. The lowest BCUT2D eigenvalue weighted by Gasteiger charge is -2.30. The Morgan fingerprint density at radius 3 is 2.29 bits per heavy atom. The molecule has 1 saturated heterocycles. The molecule has 1 heterocycles. The number of benzene rings is 2. The summed E-state index contributed by atoms with van der Waals surface area (Å²) in [7, 11) is 0. The minimum absolute atomic E-state index is 0. The van der Waals surface area contributed by atoms with Gasteiger partial charge in [0.25, 0.3) is 5.91 Å². The predicted molar refractivity (Wildman–Crippen MR) is 124 cm³/mol. The molecule has 1 aliphatic rings. The van der Waals surface area contributed by atoms with Crippen LogP contribution in [-0.2, 0) is 20.7 Å². The Morgan fingerprint density at radius 1 is 1.17 bits per heavy atom. The van der Waals surface area contributed by atoms with Crippen LogP contribution in [-0.4, -0.2) is 53.4 Å². The first-order chi connectivity index (χ1) is 15.9. The molecule has 12 heteroatoms. The number of phenolic OH excluding ortho intramolecular Hbond substituents is 1. The number of aromatic hydroxyl groups is 1. The molecule has 3 rings (SSSR count). The highest BCUT2D eigenvalue weighted by Gasteiger charge is 2.47. The number of ketones is 1. The number of alkyl halides is 3. The first-order valence-corrected chi connectivity index (χ1v) is 10.3. The SMILES string of the molecule is C[C@H]1OCC(=O)[C@]1(C)NC(=O)[C@H](Cc1ccc(O)cc1)NC(=O)c1ccc(OC(F)(F)F)cc1.S. The fraction of sp³-hybridized carbons (Fsp3) is 0.348. The lowest BCUT2D eigenvalue weighted by Crippen LogP contribution is -2.60. The summed E-state index contributed by atoms with van der Waals surface area (Å²) in [6.07, 6.45) is -5.44. The largest absolute Gasteiger partial charge is 0.573 e. The van der Waals surface area contributed by atoms with E-state index in [1.807, 2.05) is 0 Å². The molecule has 0 bridgehead atoms. The highest BCUT2D eigenvalue weighted by Crippen LogP contribution is 2.24. The first-order valence-electron chi connectivity index (χ1n) is 10.3. The van der Waals surface area contributed by atoms with Gasteiger partial charge in [-0.05, 0) is 55.8 Å². The van der Waals surface area contributed by atoms with E-state index in [0.29, 0.717) is 5.56 Å². The molecular formula is C23H25F3N2O6S. The fourth-order valence-electron chi connectivity index (χ4n) is 3.38. The van der Waals surface area contributed by atoms with Crippen molar-refractivity contribution in [2.75, 3.05) is 6.61 Å². The smallest absolute Gasteiger partial charge is 0.508 e. The van der Waals surface area contributed by atoms with Crippen LogP contribution in [0, 0.1) is 0 Å². The Morgan fingerprint density at radius 2 is 1.77 bits per heavy atom. The van der Waals surface area contributed by atoms with Gasteiger partial charge in [-0.15, -0.1) is 13.2 Å². The average Bonchev–Trinajstić information content (AvgIpc) is 3.01. The Kier molecular flexibility index (Phi) is 8.79. The summed E-state index contributed by atoms with van der Waals surface area (Å²) in [6.45, 7) is 3.02. The van der Waals surface area contributed by atoms with E-state index in [2.05, 4.69) is 15.4 Å². The van der Waals surface area contributed by atoms with Gasteiger partial charge < -0.3 is 25.2 Å². The molecule has 2 amide bonds. The van der Waals surface area contributed by atoms with Crippen LogP contribution in [0.15, 0.2) is 48.5 Å². The predicted octanol–water partition coefficient (Wildman–Crippen LogP) is 2.61. The molecule has 0 unspecified atom stereocenters. The standard InChI is InChI=1S/C23H23F3N2O6.H2S/c1-13-22(2,19(30)12-33-13)28-21(32)18(11-14-3-7-16(29)8-4-14)27-20(31)15-5-9-17(10-6-15)34-23(24,25)26;/h3-10,13,18,29H,11-12H2,1-2H3,(H,27,31)(H,28,32);1H2/t13-,18+,22-;/m1./s1. The van der Waals surface area contributed by atoms with Gasteiger partial charge in [-0.3, -0.25) is 14.4 Å². The molecule has 35 heavy (non-hydrogen) atoms. The van der Waals surface area contributed by atoms with Crippen molar-refractivity contribution in [1.29, 1.82) is 0 Å². The molecule has 1 aliphatic heterocycles. The molecule has 3 atom stereocenters. The number of rotatable bonds is 7. The minimum atomic E-state index is -4.87. The zero-order chi connectivity index (χ0) is 25.1. The van der Waals surface area contributed by atoms with Gasteiger partial charge in [0.15, 0.2) is 5.78 Å². The van der Waals surface area contributed by atoms with Gasteiger partial charge in [-0.25, -0.2) is 0 Å². The summed E-state index contributed by atoms with van der Waals surface area (Å²) in [6, 6.07) is 9.06. The molecule has 2 aromatic rings. The number of carbonyl (C=O) groups is 3. The number of carbonyl (C=O) groups excluding carboxylic acids is 3. The van der Waals surface area contributed by atoms with Gasteiger partial charge in [0.05, 0.1) is 6.10 Å². The normalized spacial score (nSPS) is 20.5. The second-order valence-electron chi connectivity index (χ2n) is 8.04. The van der Waals surface area contributed by atoms with Gasteiger partial charge in [0.1, 0.15) is 29.7 Å². The third-order valence-corrected chi connectivity index (χ3v) is 5.59. The van der Waals surface area contributed by atoms with E-state index in [0.717, 1.165) is 24.3 Å². The van der Waals surface area contributed by atoms with E-state index in [9.17, 15) is 32.7 Å². The van der Waals surface area contributed by atoms with Crippen molar-refractivity contribution in [1.82, 2.24) is 10.6 Å². The topological polar surface area (TPSA) is 114 Å². The monoisotopic (exact) mass is 514 g/mol. The summed E-state index contributed by atoms with van der Waals surface area (Å²) < 4.78 is 46.2. The van der Waals surface area contributed by atoms with Crippen LogP contribution in [0.4, 0.5) is 13.2 Å². The van der Waals surface area contributed by atoms with Gasteiger partial charge >= 0.3 is 6.36 Å². The quantitative estimate of drug-likeness (QED) is 0.524. The molecule has 0 spiro atoms. The van der Waals surface area contributed by atoms with Crippen molar-refractivity contribution < 1.29 is 42.1 Å². The van der Waals surface area contributed by atoms with Crippen molar-refractivity contribution in [3.8, 4) is 11.5 Å². The van der Waals surface area contributed by atoms with Gasteiger partial charge in [0, 0.05) is 12.0 Å². The van der Waals surface area contributed by atoms with Crippen molar-refractivity contribution in [2.24, 2.45) is 0 Å². The first kappa shape index (κ1) is 28.0. The summed E-state index contributed by atoms with van der Waals surface area (Å²) in [5.74, 6) is -2.16. The maximum Gasteiger partial charge on any atom is 0.573 e. The number of amides is 2. The molecule has 190 valence electrons. The molecule has 0 saturated carbocycles. The van der Waals surface area contributed by atoms with Crippen LogP contribution >= 0.6 is 13.5 Å². The second kappa shape index (κ2) is 11.0. The maximum atomic E-state index is 13.1. The van der Waals surface area contributed by atoms with Gasteiger partial charge in [0.2, 0.25) is 5.91 Å². The van der Waals surface area contributed by atoms with E-state index in [-0.39, 0.29) is 43.6 Å². The lowest BCUT2D eigenvalue weighted by atomic mass is 9.92. The van der Waals surface area contributed by atoms with Crippen molar-refractivity contribution >= 4 is 31.1 Å². The Hall–Kier alpha value is -3.25. The van der Waals surface area contributed by atoms with E-state index >= 15 is 0 Å². The number of hydrogen-bond acceptors (Lipinski definition) is 6. The molecule has 2 aromatic carbocycles. The number of nitrogens with one attached hydrogen (secondary N) is 2. The number of ether oxygens (including phenoxy) is 2. The number of hydrogen-bond donors (Lipinski definition) is 3. The summed E-state index contributed by atoms with van der Waals surface area (Å²) >= 11 is 0. The highest BCUT2D eigenvalue weighted by molar-refractivity contribution is 7.59. The van der Waals surface area contributed by atoms with Gasteiger partial charge in [-0.2, -0.15) is 13.5 Å². The third-order valence-electron chi connectivity index (χ3n) is 5.59. The number of Topliss-reactive ketones (excluding diaryl/α,β-unsaturated/α-hetero) is 1. The lowest BCUT2D eigenvalue weighted by molar-refractivity contribution is -0.274. The Balaban J connectivity index is 0.00000432.